The van der Waals surface area contributed by atoms with Gasteiger partial charge in [0.25, 0.3) is 5.91 Å². The summed E-state index contributed by atoms with van der Waals surface area (Å²) < 4.78 is 12.8. The van der Waals surface area contributed by atoms with E-state index in [0.29, 0.717) is 53.6 Å². The zero-order valence-corrected chi connectivity index (χ0v) is 18.4. The van der Waals surface area contributed by atoms with Gasteiger partial charge >= 0.3 is 0 Å². The van der Waals surface area contributed by atoms with E-state index in [9.17, 15) is 4.79 Å². The van der Waals surface area contributed by atoms with Crippen molar-refractivity contribution in [2.75, 3.05) is 24.5 Å². The number of piperazine rings is 1. The molecule has 1 amide bonds. The van der Waals surface area contributed by atoms with Crippen LogP contribution in [0.2, 0.25) is 5.02 Å². The van der Waals surface area contributed by atoms with Crippen molar-refractivity contribution in [3.05, 3.63) is 65.8 Å². The van der Waals surface area contributed by atoms with E-state index in [2.05, 4.69) is 15.1 Å². The van der Waals surface area contributed by atoms with Crippen LogP contribution in [0.1, 0.15) is 17.5 Å². The summed E-state index contributed by atoms with van der Waals surface area (Å²) in [5.41, 5.74) is 1.39. The average Bonchev–Trinajstić information content (AvgIpc) is 3.59. The standard InChI is InChI=1S/C23H19ClN6O3/c1-14-13-28(8-9-29(14)22(31)19-5-3-11-33-19)23-25-17-12-15(24)6-7-16(17)20-26-27-21(30(20)23)18-4-2-10-32-18/h2-7,10-12,14H,8-9,13H2,1H3/t14-/m1/s1. The third-order valence-electron chi connectivity index (χ3n) is 5.93. The van der Waals surface area contributed by atoms with Crippen LogP contribution in [-0.4, -0.2) is 56.1 Å². The van der Waals surface area contributed by atoms with Gasteiger partial charge in [0.1, 0.15) is 0 Å². The highest BCUT2D eigenvalue weighted by atomic mass is 35.5. The van der Waals surface area contributed by atoms with Crippen molar-refractivity contribution < 1.29 is 13.6 Å². The van der Waals surface area contributed by atoms with Crippen molar-refractivity contribution in [3.63, 3.8) is 0 Å². The molecule has 0 radical (unpaired) electrons. The summed E-state index contributed by atoms with van der Waals surface area (Å²) in [5, 5.41) is 10.3. The second kappa shape index (κ2) is 7.63. The molecule has 0 saturated carbocycles. The largest absolute Gasteiger partial charge is 0.461 e. The van der Waals surface area contributed by atoms with E-state index < -0.39 is 0 Å². The molecule has 9 nitrogen and oxygen atoms in total. The fourth-order valence-corrected chi connectivity index (χ4v) is 4.52. The number of furan rings is 2. The van der Waals surface area contributed by atoms with Gasteiger partial charge in [-0.05, 0) is 49.4 Å². The second-order valence-corrected chi connectivity index (χ2v) is 8.44. The average molecular weight is 463 g/mol. The molecule has 1 aliphatic heterocycles. The van der Waals surface area contributed by atoms with Crippen molar-refractivity contribution in [1.29, 1.82) is 0 Å². The molecular weight excluding hydrogens is 444 g/mol. The summed E-state index contributed by atoms with van der Waals surface area (Å²) in [6.07, 6.45) is 3.11. The molecule has 1 saturated heterocycles. The zero-order chi connectivity index (χ0) is 22.5. The molecule has 4 aromatic heterocycles. The van der Waals surface area contributed by atoms with Crippen LogP contribution in [0.5, 0.6) is 0 Å². The maximum atomic E-state index is 12.9. The van der Waals surface area contributed by atoms with Crippen molar-refractivity contribution in [1.82, 2.24) is 24.5 Å². The first-order chi connectivity index (χ1) is 16.1. The van der Waals surface area contributed by atoms with Gasteiger partial charge in [0.05, 0.1) is 18.0 Å². The summed E-state index contributed by atoms with van der Waals surface area (Å²) >= 11 is 6.26. The fourth-order valence-electron chi connectivity index (χ4n) is 4.35. The van der Waals surface area contributed by atoms with Crippen molar-refractivity contribution >= 4 is 40.0 Å². The third-order valence-corrected chi connectivity index (χ3v) is 6.16. The van der Waals surface area contributed by atoms with E-state index in [0.717, 1.165) is 10.9 Å². The quantitative estimate of drug-likeness (QED) is 0.398. The molecule has 5 heterocycles. The lowest BCUT2D eigenvalue weighted by Gasteiger charge is -2.40. The first kappa shape index (κ1) is 19.8. The number of carbonyl (C=O) groups excluding carboxylic acids is 1. The Hall–Kier alpha value is -3.85. The molecule has 0 unspecified atom stereocenters. The molecule has 1 aliphatic rings. The number of amides is 1. The monoisotopic (exact) mass is 462 g/mol. The van der Waals surface area contributed by atoms with Crippen molar-refractivity contribution in [3.8, 4) is 11.6 Å². The molecule has 6 rings (SSSR count). The number of hydrogen-bond acceptors (Lipinski definition) is 7. The van der Waals surface area contributed by atoms with Gasteiger partial charge in [-0.15, -0.1) is 10.2 Å². The summed E-state index contributed by atoms with van der Waals surface area (Å²) in [6.45, 7) is 3.70. The van der Waals surface area contributed by atoms with E-state index in [1.165, 1.54) is 6.26 Å². The predicted molar refractivity (Wildman–Crippen MR) is 122 cm³/mol. The zero-order valence-electron chi connectivity index (χ0n) is 17.7. The normalized spacial score (nSPS) is 16.7. The summed E-state index contributed by atoms with van der Waals surface area (Å²) in [6, 6.07) is 12.5. The topological polar surface area (TPSA) is 92.9 Å². The number of benzene rings is 1. The number of halogens is 1. The molecule has 33 heavy (non-hydrogen) atoms. The van der Waals surface area contributed by atoms with E-state index in [-0.39, 0.29) is 11.9 Å². The van der Waals surface area contributed by atoms with E-state index >= 15 is 0 Å². The molecule has 1 atom stereocenters. The molecule has 0 bridgehead atoms. The molecule has 5 aromatic rings. The van der Waals surface area contributed by atoms with E-state index in [1.54, 1.807) is 18.4 Å². The Bertz CT molecular complexity index is 1460. The number of fused-ring (bicyclic) bond motifs is 3. The van der Waals surface area contributed by atoms with Gasteiger partial charge in [0.2, 0.25) is 11.8 Å². The molecule has 1 fully saturated rings. The lowest BCUT2D eigenvalue weighted by Crippen LogP contribution is -2.54. The summed E-state index contributed by atoms with van der Waals surface area (Å²) in [4.78, 5) is 21.8. The number of hydrogen-bond donors (Lipinski definition) is 0. The number of carbonyl (C=O) groups is 1. The number of anilines is 1. The lowest BCUT2D eigenvalue weighted by atomic mass is 10.1. The van der Waals surface area contributed by atoms with Crippen LogP contribution in [-0.2, 0) is 0 Å². The Labute approximate surface area is 193 Å². The third kappa shape index (κ3) is 3.23. The minimum Gasteiger partial charge on any atom is -0.461 e. The molecule has 1 aromatic carbocycles. The van der Waals surface area contributed by atoms with Crippen LogP contribution in [0.3, 0.4) is 0 Å². The van der Waals surface area contributed by atoms with Gasteiger partial charge in [0.15, 0.2) is 17.2 Å². The van der Waals surface area contributed by atoms with Gasteiger partial charge in [-0.1, -0.05) is 11.6 Å². The van der Waals surface area contributed by atoms with Crippen LogP contribution < -0.4 is 4.90 Å². The number of rotatable bonds is 3. The highest BCUT2D eigenvalue weighted by Crippen LogP contribution is 2.31. The molecule has 10 heteroatoms. The van der Waals surface area contributed by atoms with Crippen LogP contribution in [0.4, 0.5) is 5.95 Å². The van der Waals surface area contributed by atoms with Crippen molar-refractivity contribution in [2.45, 2.75) is 13.0 Å². The Balaban J connectivity index is 1.45. The smallest absolute Gasteiger partial charge is 0.289 e. The first-order valence-electron chi connectivity index (χ1n) is 10.6. The SMILES string of the molecule is C[C@@H]1CN(c2nc3cc(Cl)ccc3c3nnc(-c4ccco4)n23)CCN1C(=O)c1ccco1. The molecule has 166 valence electrons. The Kier molecular flexibility index (Phi) is 4.58. The molecular formula is C23H19ClN6O3. The predicted octanol–water partition coefficient (Wildman–Crippen LogP) is 4.13. The first-order valence-corrected chi connectivity index (χ1v) is 11.0. The number of aromatic nitrogens is 4. The highest BCUT2D eigenvalue weighted by Gasteiger charge is 2.32. The second-order valence-electron chi connectivity index (χ2n) is 8.00. The Morgan fingerprint density at radius 2 is 1.94 bits per heavy atom. The van der Waals surface area contributed by atoms with Crippen LogP contribution in [0, 0.1) is 0 Å². The molecule has 0 aliphatic carbocycles. The van der Waals surface area contributed by atoms with Crippen molar-refractivity contribution in [2.24, 2.45) is 0 Å². The van der Waals surface area contributed by atoms with Crippen LogP contribution in [0.15, 0.2) is 63.8 Å². The van der Waals surface area contributed by atoms with Gasteiger partial charge in [-0.2, -0.15) is 0 Å². The minimum atomic E-state index is -0.115. The maximum Gasteiger partial charge on any atom is 0.289 e. The van der Waals surface area contributed by atoms with Gasteiger partial charge in [-0.25, -0.2) is 9.38 Å². The van der Waals surface area contributed by atoms with Gasteiger partial charge in [-0.3, -0.25) is 4.79 Å². The van der Waals surface area contributed by atoms with Crippen LogP contribution in [0.25, 0.3) is 28.1 Å². The maximum absolute atomic E-state index is 12.9. The summed E-state index contributed by atoms with van der Waals surface area (Å²) in [7, 11) is 0. The summed E-state index contributed by atoms with van der Waals surface area (Å²) in [5.74, 6) is 2.06. The van der Waals surface area contributed by atoms with Gasteiger partial charge < -0.3 is 18.6 Å². The Morgan fingerprint density at radius 3 is 2.70 bits per heavy atom. The van der Waals surface area contributed by atoms with E-state index in [1.807, 2.05) is 46.6 Å². The fraction of sp³-hybridized carbons (Fsp3) is 0.217. The molecule has 0 N–H and O–H groups in total. The minimum absolute atomic E-state index is 0.0631. The van der Waals surface area contributed by atoms with Crippen LogP contribution >= 0.6 is 11.6 Å². The lowest BCUT2D eigenvalue weighted by molar-refractivity contribution is 0.0640. The Morgan fingerprint density at radius 1 is 1.09 bits per heavy atom. The number of nitrogens with zero attached hydrogens (tertiary/aromatic N) is 6. The van der Waals surface area contributed by atoms with Gasteiger partial charge in [0, 0.05) is 36.1 Å². The molecule has 0 spiro atoms. The van der Waals surface area contributed by atoms with E-state index in [4.69, 9.17) is 25.4 Å². The highest BCUT2D eigenvalue weighted by molar-refractivity contribution is 6.31.